The van der Waals surface area contributed by atoms with Crippen LogP contribution in [-0.2, 0) is 9.53 Å². The van der Waals surface area contributed by atoms with Gasteiger partial charge in [-0.3, -0.25) is 15.0 Å². The second kappa shape index (κ2) is 8.24. The van der Waals surface area contributed by atoms with E-state index in [0.717, 1.165) is 37.5 Å². The predicted molar refractivity (Wildman–Crippen MR) is 102 cm³/mol. The zero-order valence-electron chi connectivity index (χ0n) is 15.4. The van der Waals surface area contributed by atoms with Gasteiger partial charge in [0.1, 0.15) is 5.84 Å². The van der Waals surface area contributed by atoms with Crippen molar-refractivity contribution in [1.29, 1.82) is 5.41 Å². The summed E-state index contributed by atoms with van der Waals surface area (Å²) in [6.45, 7) is 0. The van der Waals surface area contributed by atoms with Gasteiger partial charge in [0.25, 0.3) is 5.91 Å². The summed E-state index contributed by atoms with van der Waals surface area (Å²) in [5, 5.41) is 12.0. The lowest BCUT2D eigenvalue weighted by Crippen LogP contribution is -2.37. The minimum atomic E-state index is -0.224. The Labute approximate surface area is 157 Å². The molecule has 0 saturated heterocycles. The summed E-state index contributed by atoms with van der Waals surface area (Å²) < 4.78 is 10.2. The Kier molecular flexibility index (Phi) is 5.78. The molecule has 1 aromatic heterocycles. The zero-order chi connectivity index (χ0) is 19.4. The quantitative estimate of drug-likeness (QED) is 0.410. The number of ether oxygens (including phenoxy) is 1. The molecule has 3 rings (SSSR count). The molecular weight excluding hydrogens is 346 g/mol. The number of nitrogens with one attached hydrogen (secondary N) is 2. The molecule has 1 heterocycles. The highest BCUT2D eigenvalue weighted by Crippen LogP contribution is 2.29. The first-order valence-electron chi connectivity index (χ1n) is 9.21. The van der Waals surface area contributed by atoms with Crippen LogP contribution in [0.5, 0.6) is 0 Å². The molecule has 1 fully saturated rings. The van der Waals surface area contributed by atoms with E-state index in [1.165, 1.54) is 13.4 Å². The van der Waals surface area contributed by atoms with Gasteiger partial charge >= 0.3 is 5.97 Å². The van der Waals surface area contributed by atoms with Crippen LogP contribution in [0.25, 0.3) is 10.8 Å². The first kappa shape index (κ1) is 18.9. The molecule has 1 aromatic carbocycles. The number of hydrogen-bond acceptors (Lipinski definition) is 5. The molecule has 27 heavy (non-hydrogen) atoms. The molecule has 7 heteroatoms. The molecular formula is C20H25N3O4. The van der Waals surface area contributed by atoms with Gasteiger partial charge in [-0.25, -0.2) is 0 Å². The van der Waals surface area contributed by atoms with Crippen molar-refractivity contribution in [2.24, 2.45) is 11.7 Å². The first-order valence-corrected chi connectivity index (χ1v) is 9.21. The van der Waals surface area contributed by atoms with Gasteiger partial charge < -0.3 is 20.2 Å². The van der Waals surface area contributed by atoms with Crippen LogP contribution in [0.3, 0.4) is 0 Å². The molecule has 0 bridgehead atoms. The summed E-state index contributed by atoms with van der Waals surface area (Å²) >= 11 is 0. The zero-order valence-corrected chi connectivity index (χ0v) is 15.4. The van der Waals surface area contributed by atoms with Crippen molar-refractivity contribution in [3.05, 3.63) is 35.8 Å². The van der Waals surface area contributed by atoms with Crippen LogP contribution in [0, 0.1) is 11.3 Å². The van der Waals surface area contributed by atoms with Crippen LogP contribution in [-0.4, -0.2) is 30.9 Å². The molecule has 0 radical (unpaired) electrons. The monoisotopic (exact) mass is 371 g/mol. The third-order valence-electron chi connectivity index (χ3n) is 5.28. The minimum absolute atomic E-state index is 0.0203. The lowest BCUT2D eigenvalue weighted by Gasteiger charge is -2.28. The number of esters is 1. The number of nitrogen functional groups attached to an aromatic ring is 1. The van der Waals surface area contributed by atoms with Crippen LogP contribution < -0.4 is 11.1 Å². The number of rotatable bonds is 6. The number of methoxy groups -OCH3 is 1. The van der Waals surface area contributed by atoms with E-state index in [1.54, 1.807) is 18.2 Å². The molecule has 0 spiro atoms. The maximum atomic E-state index is 12.6. The molecule has 4 N–H and O–H groups in total. The summed E-state index contributed by atoms with van der Waals surface area (Å²) in [6, 6.07) is 5.32. The van der Waals surface area contributed by atoms with Crippen molar-refractivity contribution in [3.8, 4) is 0 Å². The molecule has 1 aliphatic rings. The van der Waals surface area contributed by atoms with E-state index in [9.17, 15) is 9.59 Å². The number of furan rings is 1. The topological polar surface area (TPSA) is 118 Å². The Bertz CT molecular complexity index is 850. The summed E-state index contributed by atoms with van der Waals surface area (Å²) in [6.07, 6.45) is 6.58. The molecule has 0 aliphatic heterocycles. The van der Waals surface area contributed by atoms with Gasteiger partial charge in [0.15, 0.2) is 5.76 Å². The summed E-state index contributed by atoms with van der Waals surface area (Å²) in [5.41, 5.74) is 6.10. The number of amidine groups is 1. The van der Waals surface area contributed by atoms with Crippen molar-refractivity contribution >= 4 is 28.5 Å². The SMILES string of the molecule is COC(=O)CCC1CCC(NC(=O)c2occ3cc(C(=N)N)ccc23)CC1. The highest BCUT2D eigenvalue weighted by molar-refractivity contribution is 6.07. The maximum Gasteiger partial charge on any atom is 0.305 e. The number of fused-ring (bicyclic) bond motifs is 1. The standard InChI is InChI=1S/C20H25N3O4/c1-26-17(24)9-4-12-2-6-15(7-3-12)23-20(25)18-16-8-5-13(19(21)22)10-14(16)11-27-18/h5,8,10-12,15H,2-4,6-7,9H2,1H3,(H3,21,22)(H,23,25). The van der Waals surface area contributed by atoms with E-state index >= 15 is 0 Å². The third-order valence-corrected chi connectivity index (χ3v) is 5.28. The van der Waals surface area contributed by atoms with Crippen molar-refractivity contribution in [2.45, 2.75) is 44.6 Å². The lowest BCUT2D eigenvalue weighted by molar-refractivity contribution is -0.141. The normalized spacial score (nSPS) is 19.6. The van der Waals surface area contributed by atoms with Gasteiger partial charge in [-0.1, -0.05) is 6.07 Å². The van der Waals surface area contributed by atoms with Crippen LogP contribution in [0.4, 0.5) is 0 Å². The maximum absolute atomic E-state index is 12.6. The Hall–Kier alpha value is -2.83. The molecule has 0 unspecified atom stereocenters. The van der Waals surface area contributed by atoms with E-state index < -0.39 is 0 Å². The lowest BCUT2D eigenvalue weighted by atomic mass is 9.83. The second-order valence-electron chi connectivity index (χ2n) is 7.09. The van der Waals surface area contributed by atoms with Gasteiger partial charge in [-0.2, -0.15) is 0 Å². The smallest absolute Gasteiger partial charge is 0.305 e. The number of carbonyl (C=O) groups is 2. The Balaban J connectivity index is 1.56. The molecule has 7 nitrogen and oxygen atoms in total. The molecule has 2 aromatic rings. The van der Waals surface area contributed by atoms with E-state index in [1.807, 2.05) is 0 Å². The van der Waals surface area contributed by atoms with Crippen LogP contribution >= 0.6 is 0 Å². The Morgan fingerprint density at radius 3 is 2.70 bits per heavy atom. The van der Waals surface area contributed by atoms with Crippen molar-refractivity contribution in [2.75, 3.05) is 7.11 Å². The van der Waals surface area contributed by atoms with Crippen molar-refractivity contribution in [3.63, 3.8) is 0 Å². The van der Waals surface area contributed by atoms with Gasteiger partial charge in [0.2, 0.25) is 0 Å². The van der Waals surface area contributed by atoms with Gasteiger partial charge in [0, 0.05) is 28.8 Å². The molecule has 1 amide bonds. The summed E-state index contributed by atoms with van der Waals surface area (Å²) in [5.74, 6) is 0.384. The van der Waals surface area contributed by atoms with Gasteiger partial charge in [-0.05, 0) is 50.2 Å². The van der Waals surface area contributed by atoms with E-state index in [4.69, 9.17) is 15.6 Å². The fourth-order valence-electron chi connectivity index (χ4n) is 3.67. The average Bonchev–Trinajstić information content (AvgIpc) is 3.10. The van der Waals surface area contributed by atoms with E-state index in [2.05, 4.69) is 10.1 Å². The molecule has 1 saturated carbocycles. The number of amides is 1. The Morgan fingerprint density at radius 2 is 2.04 bits per heavy atom. The fraction of sp³-hybridized carbons (Fsp3) is 0.450. The van der Waals surface area contributed by atoms with Crippen molar-refractivity contribution < 1.29 is 18.7 Å². The van der Waals surface area contributed by atoms with Gasteiger partial charge in [-0.15, -0.1) is 0 Å². The number of carbonyl (C=O) groups excluding carboxylic acids is 2. The number of benzene rings is 1. The third kappa shape index (κ3) is 4.48. The van der Waals surface area contributed by atoms with E-state index in [-0.39, 0.29) is 29.5 Å². The first-order chi connectivity index (χ1) is 13.0. The van der Waals surface area contributed by atoms with Crippen LogP contribution in [0.2, 0.25) is 0 Å². The highest BCUT2D eigenvalue weighted by atomic mass is 16.5. The molecule has 1 aliphatic carbocycles. The van der Waals surface area contributed by atoms with Gasteiger partial charge in [0.05, 0.1) is 13.4 Å². The highest BCUT2D eigenvalue weighted by Gasteiger charge is 2.25. The minimum Gasteiger partial charge on any atom is -0.469 e. The summed E-state index contributed by atoms with van der Waals surface area (Å²) in [7, 11) is 1.41. The number of hydrogen-bond donors (Lipinski definition) is 3. The number of nitrogens with two attached hydrogens (primary N) is 1. The predicted octanol–water partition coefficient (Wildman–Crippen LogP) is 2.96. The van der Waals surface area contributed by atoms with Crippen LogP contribution in [0.1, 0.15) is 54.6 Å². The average molecular weight is 371 g/mol. The van der Waals surface area contributed by atoms with E-state index in [0.29, 0.717) is 23.3 Å². The van der Waals surface area contributed by atoms with Crippen molar-refractivity contribution in [1.82, 2.24) is 5.32 Å². The molecule has 144 valence electrons. The molecule has 0 atom stereocenters. The van der Waals surface area contributed by atoms with Crippen LogP contribution in [0.15, 0.2) is 28.9 Å². The largest absolute Gasteiger partial charge is 0.469 e. The summed E-state index contributed by atoms with van der Waals surface area (Å²) in [4.78, 5) is 23.9. The Morgan fingerprint density at radius 1 is 1.30 bits per heavy atom. The second-order valence-corrected chi connectivity index (χ2v) is 7.09. The fourth-order valence-corrected chi connectivity index (χ4v) is 3.67.